The maximum absolute atomic E-state index is 8.74. The van der Waals surface area contributed by atoms with Crippen molar-refractivity contribution in [3.63, 3.8) is 0 Å². The van der Waals surface area contributed by atoms with Crippen LogP contribution in [0, 0.1) is 0 Å². The molecule has 7 heteroatoms. The largest absolute Gasteiger partial charge is 0.528 e. The molecule has 0 radical (unpaired) electrons. The van der Waals surface area contributed by atoms with Crippen molar-refractivity contribution >= 4 is 22.6 Å². The first-order valence-electron chi connectivity index (χ1n) is 6.23. The molecule has 19 heavy (non-hydrogen) atoms. The predicted octanol–water partition coefficient (Wildman–Crippen LogP) is 0.571. The molecule has 0 aliphatic rings. The molecule has 0 unspecified atom stereocenters. The van der Waals surface area contributed by atoms with Gasteiger partial charge in [-0.05, 0) is 26.9 Å². The van der Waals surface area contributed by atoms with Gasteiger partial charge in [0.1, 0.15) is 0 Å². The Kier molecular flexibility index (Phi) is 8.34. The van der Waals surface area contributed by atoms with E-state index in [0.29, 0.717) is 0 Å². The zero-order chi connectivity index (χ0) is 14.9. The Balaban J connectivity index is 0.000000344. The minimum Gasteiger partial charge on any atom is -0.395 e. The van der Waals surface area contributed by atoms with Gasteiger partial charge in [-0.1, -0.05) is 30.3 Å². The van der Waals surface area contributed by atoms with E-state index >= 15 is 0 Å². The monoisotopic (exact) mass is 304 g/mol. The van der Waals surface area contributed by atoms with Crippen molar-refractivity contribution in [2.45, 2.75) is 26.9 Å². The molecule has 0 saturated heterocycles. The van der Waals surface area contributed by atoms with Crippen LogP contribution >= 0.6 is 0 Å². The van der Waals surface area contributed by atoms with Crippen molar-refractivity contribution in [3.05, 3.63) is 30.3 Å². The average Bonchev–Trinajstić information content (AvgIpc) is 2.29. The van der Waals surface area contributed by atoms with Crippen molar-refractivity contribution < 1.29 is 23.2 Å². The van der Waals surface area contributed by atoms with E-state index in [1.54, 1.807) is 18.2 Å². The lowest BCUT2D eigenvalue weighted by Gasteiger charge is -2.20. The number of hydrogen-bond donors (Lipinski definition) is 3. The number of hydrogen-bond acceptors (Lipinski definition) is 5. The van der Waals surface area contributed by atoms with E-state index in [-0.39, 0.29) is 5.19 Å². The van der Waals surface area contributed by atoms with Gasteiger partial charge in [0.25, 0.3) is 0 Å². The molecule has 1 rings (SSSR count). The fourth-order valence-electron chi connectivity index (χ4n) is 1.40. The van der Waals surface area contributed by atoms with E-state index in [1.807, 2.05) is 13.8 Å². The highest BCUT2D eigenvalue weighted by atomic mass is 28.4. The first-order valence-corrected chi connectivity index (χ1v) is 10.9. The van der Waals surface area contributed by atoms with Gasteiger partial charge in [-0.3, -0.25) is 0 Å². The maximum atomic E-state index is 8.74. The van der Waals surface area contributed by atoms with E-state index in [9.17, 15) is 0 Å². The van der Waals surface area contributed by atoms with Gasteiger partial charge in [-0.25, -0.2) is 0 Å². The molecule has 0 aromatic heterocycles. The molecule has 0 saturated carbocycles. The summed E-state index contributed by atoms with van der Waals surface area (Å²) < 4.78 is 10.8. The Labute approximate surface area is 117 Å². The smallest absolute Gasteiger partial charge is 0.395 e. The van der Waals surface area contributed by atoms with Crippen LogP contribution in [0.5, 0.6) is 0 Å². The minimum absolute atomic E-state index is 0.204. The Hall–Kier alpha value is -0.546. The summed E-state index contributed by atoms with van der Waals surface area (Å²) in [5, 5.41) is 0.204. The topological polar surface area (TPSA) is 79.2 Å². The van der Waals surface area contributed by atoms with Crippen molar-refractivity contribution in [1.82, 2.24) is 0 Å². The second kappa shape index (κ2) is 8.59. The summed E-state index contributed by atoms with van der Waals surface area (Å²) in [4.78, 5) is 26.2. The standard InChI is InChI=1S/C6H8O3Si.C6H16O2Si/c7-10(8,9)6-4-2-1-3-5-6;1-5-7-9(3,4)8-6-2/h1-5,7-9H;5-6H2,1-4H3. The molecule has 0 fully saturated rings. The van der Waals surface area contributed by atoms with Crippen LogP contribution in [0.2, 0.25) is 13.1 Å². The molecule has 3 N–H and O–H groups in total. The summed E-state index contributed by atoms with van der Waals surface area (Å²) >= 11 is 0. The average molecular weight is 304 g/mol. The SMILES string of the molecule is CCO[Si](C)(C)OCC.O[Si](O)(O)c1ccccc1. The molecule has 0 atom stereocenters. The van der Waals surface area contributed by atoms with Crippen LogP contribution in [0.4, 0.5) is 0 Å². The molecule has 1 aromatic carbocycles. The van der Waals surface area contributed by atoms with Gasteiger partial charge >= 0.3 is 17.4 Å². The van der Waals surface area contributed by atoms with E-state index in [1.165, 1.54) is 12.1 Å². The lowest BCUT2D eigenvalue weighted by Crippen LogP contribution is -2.48. The van der Waals surface area contributed by atoms with Crippen LogP contribution in [-0.2, 0) is 8.85 Å². The first-order chi connectivity index (χ1) is 8.73. The highest BCUT2D eigenvalue weighted by Gasteiger charge is 2.29. The fourth-order valence-corrected chi connectivity index (χ4v) is 3.51. The molecule has 1 aromatic rings. The third-order valence-corrected chi connectivity index (χ3v) is 5.22. The molecule has 0 aliphatic carbocycles. The molecule has 0 amide bonds. The van der Waals surface area contributed by atoms with Crippen LogP contribution in [0.25, 0.3) is 0 Å². The molecule has 0 heterocycles. The summed E-state index contributed by atoms with van der Waals surface area (Å²) in [5.41, 5.74) is 0. The summed E-state index contributed by atoms with van der Waals surface area (Å²) in [7, 11) is -5.74. The van der Waals surface area contributed by atoms with Crippen molar-refractivity contribution in [1.29, 1.82) is 0 Å². The second-order valence-corrected chi connectivity index (χ2v) is 9.49. The minimum atomic E-state index is -4.03. The van der Waals surface area contributed by atoms with Gasteiger partial charge in [0.15, 0.2) is 0 Å². The Morgan fingerprint density at radius 1 is 0.895 bits per heavy atom. The third kappa shape index (κ3) is 9.06. The Morgan fingerprint density at radius 3 is 1.58 bits per heavy atom. The van der Waals surface area contributed by atoms with Crippen LogP contribution in [0.3, 0.4) is 0 Å². The number of rotatable bonds is 5. The molecular formula is C12H24O5Si2. The van der Waals surface area contributed by atoms with Crippen LogP contribution in [-0.4, -0.2) is 45.0 Å². The number of benzene rings is 1. The third-order valence-electron chi connectivity index (χ3n) is 2.14. The first kappa shape index (κ1) is 18.5. The van der Waals surface area contributed by atoms with E-state index < -0.39 is 17.4 Å². The fraction of sp³-hybridized carbons (Fsp3) is 0.500. The van der Waals surface area contributed by atoms with Crippen molar-refractivity contribution in [2.24, 2.45) is 0 Å². The molecule has 0 aliphatic heterocycles. The molecule has 0 spiro atoms. The van der Waals surface area contributed by atoms with Crippen LogP contribution in [0.15, 0.2) is 30.3 Å². The Bertz CT molecular complexity index is 330. The highest BCUT2D eigenvalue weighted by Crippen LogP contribution is 2.04. The lowest BCUT2D eigenvalue weighted by molar-refractivity contribution is 0.196. The molecule has 110 valence electrons. The van der Waals surface area contributed by atoms with Gasteiger partial charge in [0, 0.05) is 18.4 Å². The quantitative estimate of drug-likeness (QED) is 0.693. The molecule has 5 nitrogen and oxygen atoms in total. The van der Waals surface area contributed by atoms with Crippen LogP contribution in [0.1, 0.15) is 13.8 Å². The molecular weight excluding hydrogens is 280 g/mol. The maximum Gasteiger partial charge on any atom is 0.528 e. The zero-order valence-electron chi connectivity index (χ0n) is 12.0. The second-order valence-electron chi connectivity index (χ2n) is 4.27. The van der Waals surface area contributed by atoms with Gasteiger partial charge in [0.05, 0.1) is 0 Å². The van der Waals surface area contributed by atoms with Gasteiger partial charge < -0.3 is 23.2 Å². The van der Waals surface area contributed by atoms with Gasteiger partial charge in [-0.15, -0.1) is 0 Å². The van der Waals surface area contributed by atoms with E-state index in [0.717, 1.165) is 13.2 Å². The zero-order valence-corrected chi connectivity index (χ0v) is 14.0. The molecule has 0 bridgehead atoms. The van der Waals surface area contributed by atoms with E-state index in [2.05, 4.69) is 13.1 Å². The lowest BCUT2D eigenvalue weighted by atomic mass is 10.4. The van der Waals surface area contributed by atoms with Crippen LogP contribution < -0.4 is 5.19 Å². The summed E-state index contributed by atoms with van der Waals surface area (Å²) in [6.45, 7) is 9.62. The highest BCUT2D eigenvalue weighted by molar-refractivity contribution is 6.71. The Morgan fingerprint density at radius 2 is 1.32 bits per heavy atom. The van der Waals surface area contributed by atoms with Crippen molar-refractivity contribution in [3.8, 4) is 0 Å². The predicted molar refractivity (Wildman–Crippen MR) is 79.2 cm³/mol. The van der Waals surface area contributed by atoms with Gasteiger partial charge in [-0.2, -0.15) is 0 Å². The summed E-state index contributed by atoms with van der Waals surface area (Å²) in [6.07, 6.45) is 0. The normalized spacial score (nSPS) is 11.7. The van der Waals surface area contributed by atoms with Crippen molar-refractivity contribution in [2.75, 3.05) is 13.2 Å². The van der Waals surface area contributed by atoms with Gasteiger partial charge in [0.2, 0.25) is 0 Å². The summed E-state index contributed by atoms with van der Waals surface area (Å²) in [6, 6.07) is 7.97. The summed E-state index contributed by atoms with van der Waals surface area (Å²) in [5.74, 6) is 0. The van der Waals surface area contributed by atoms with E-state index in [4.69, 9.17) is 23.2 Å².